The van der Waals surface area contributed by atoms with Crippen LogP contribution in [0.25, 0.3) is 0 Å². The number of hydrogen-bond acceptors (Lipinski definition) is 1. The number of alkyl halides is 1. The molecule has 2 rings (SSSR count). The molecule has 1 saturated heterocycles. The minimum absolute atomic E-state index is 0.432. The van der Waals surface area contributed by atoms with Crippen LogP contribution in [0.2, 0.25) is 0 Å². The molecular formula is C14H26BrN. The van der Waals surface area contributed by atoms with E-state index in [9.17, 15) is 0 Å². The lowest BCUT2D eigenvalue weighted by Crippen LogP contribution is -2.35. The van der Waals surface area contributed by atoms with E-state index in [1.807, 2.05) is 0 Å². The van der Waals surface area contributed by atoms with Gasteiger partial charge in [0, 0.05) is 25.0 Å². The number of fused-ring (bicyclic) bond motifs is 1. The summed E-state index contributed by atoms with van der Waals surface area (Å²) >= 11 is 3.69. The number of halogens is 1. The minimum atomic E-state index is 0.432. The molecule has 0 N–H and O–H groups in total. The van der Waals surface area contributed by atoms with Gasteiger partial charge in [-0.3, -0.25) is 0 Å². The van der Waals surface area contributed by atoms with E-state index in [0.717, 1.165) is 23.1 Å². The molecule has 1 saturated carbocycles. The van der Waals surface area contributed by atoms with E-state index in [1.165, 1.54) is 38.9 Å². The molecule has 2 aliphatic rings. The average molecular weight is 288 g/mol. The molecule has 2 fully saturated rings. The Kier molecular flexibility index (Phi) is 4.01. The van der Waals surface area contributed by atoms with Crippen LogP contribution in [0.15, 0.2) is 0 Å². The lowest BCUT2D eigenvalue weighted by atomic mass is 9.82. The number of nitrogens with zero attached hydrogens (tertiary/aromatic N) is 1. The summed E-state index contributed by atoms with van der Waals surface area (Å²) in [5.41, 5.74) is 0.432. The Labute approximate surface area is 109 Å². The van der Waals surface area contributed by atoms with Crippen molar-refractivity contribution >= 4 is 15.9 Å². The first kappa shape index (κ1) is 12.9. The SMILES string of the molecule is CC(C)(C)C(CBr)CN1CC2CCCC2C1. The monoisotopic (exact) mass is 287 g/mol. The standard InChI is InChI=1S/C14H26BrN/c1-14(2,3)13(7-15)10-16-8-11-5-4-6-12(11)9-16/h11-13H,4-10H2,1-3H3. The van der Waals surface area contributed by atoms with Crippen molar-refractivity contribution in [2.24, 2.45) is 23.2 Å². The third-order valence-electron chi connectivity index (χ3n) is 4.69. The van der Waals surface area contributed by atoms with Gasteiger partial charge in [0.15, 0.2) is 0 Å². The van der Waals surface area contributed by atoms with Crippen molar-refractivity contribution in [1.82, 2.24) is 4.90 Å². The average Bonchev–Trinajstić information content (AvgIpc) is 2.71. The quantitative estimate of drug-likeness (QED) is 0.714. The predicted molar refractivity (Wildman–Crippen MR) is 74.0 cm³/mol. The Morgan fingerprint density at radius 1 is 1.19 bits per heavy atom. The smallest absolute Gasteiger partial charge is 0.00768 e. The van der Waals surface area contributed by atoms with E-state index in [4.69, 9.17) is 0 Å². The van der Waals surface area contributed by atoms with E-state index >= 15 is 0 Å². The van der Waals surface area contributed by atoms with Gasteiger partial charge in [0.2, 0.25) is 0 Å². The second kappa shape index (κ2) is 4.97. The summed E-state index contributed by atoms with van der Waals surface area (Å²) in [5, 5.41) is 1.14. The Hall–Kier alpha value is 0.440. The molecule has 94 valence electrons. The molecule has 3 atom stereocenters. The van der Waals surface area contributed by atoms with E-state index in [0.29, 0.717) is 5.41 Å². The second-order valence-electron chi connectivity index (χ2n) is 6.89. The molecule has 0 bridgehead atoms. The zero-order valence-corrected chi connectivity index (χ0v) is 12.6. The fourth-order valence-electron chi connectivity index (χ4n) is 3.35. The van der Waals surface area contributed by atoms with Crippen molar-refractivity contribution in [3.05, 3.63) is 0 Å². The van der Waals surface area contributed by atoms with Gasteiger partial charge in [0.25, 0.3) is 0 Å². The predicted octanol–water partition coefficient (Wildman–Crippen LogP) is 3.78. The van der Waals surface area contributed by atoms with E-state index in [2.05, 4.69) is 41.6 Å². The molecule has 16 heavy (non-hydrogen) atoms. The molecule has 0 aromatic rings. The van der Waals surface area contributed by atoms with Gasteiger partial charge in [0.05, 0.1) is 0 Å². The molecule has 0 aromatic carbocycles. The number of hydrogen-bond donors (Lipinski definition) is 0. The normalized spacial score (nSPS) is 33.0. The molecule has 3 unspecified atom stereocenters. The van der Waals surface area contributed by atoms with Crippen LogP contribution in [0, 0.1) is 23.2 Å². The van der Waals surface area contributed by atoms with Gasteiger partial charge in [-0.1, -0.05) is 43.1 Å². The number of likely N-dealkylation sites (tertiary alicyclic amines) is 1. The maximum absolute atomic E-state index is 3.69. The van der Waals surface area contributed by atoms with Crippen molar-refractivity contribution in [2.75, 3.05) is 25.0 Å². The summed E-state index contributed by atoms with van der Waals surface area (Å²) in [7, 11) is 0. The van der Waals surface area contributed by atoms with Crippen LogP contribution in [-0.2, 0) is 0 Å². The highest BCUT2D eigenvalue weighted by molar-refractivity contribution is 9.09. The highest BCUT2D eigenvalue weighted by Crippen LogP contribution is 2.39. The van der Waals surface area contributed by atoms with Crippen LogP contribution in [0.1, 0.15) is 40.0 Å². The summed E-state index contributed by atoms with van der Waals surface area (Å²) in [5.74, 6) is 2.86. The first-order valence-electron chi connectivity index (χ1n) is 6.79. The highest BCUT2D eigenvalue weighted by Gasteiger charge is 2.37. The molecule has 1 heterocycles. The summed E-state index contributed by atoms with van der Waals surface area (Å²) in [4.78, 5) is 2.73. The van der Waals surface area contributed by atoms with Gasteiger partial charge in [-0.05, 0) is 36.0 Å². The van der Waals surface area contributed by atoms with Crippen LogP contribution in [0.5, 0.6) is 0 Å². The fourth-order valence-corrected chi connectivity index (χ4v) is 4.52. The van der Waals surface area contributed by atoms with Gasteiger partial charge in [0.1, 0.15) is 0 Å². The Bertz CT molecular complexity index is 221. The van der Waals surface area contributed by atoms with Gasteiger partial charge >= 0.3 is 0 Å². The maximum Gasteiger partial charge on any atom is 0.00768 e. The van der Waals surface area contributed by atoms with Crippen LogP contribution < -0.4 is 0 Å². The van der Waals surface area contributed by atoms with Crippen molar-refractivity contribution < 1.29 is 0 Å². The first-order valence-corrected chi connectivity index (χ1v) is 7.91. The van der Waals surface area contributed by atoms with E-state index in [1.54, 1.807) is 0 Å². The first-order chi connectivity index (χ1) is 7.50. The van der Waals surface area contributed by atoms with Crippen molar-refractivity contribution in [3.8, 4) is 0 Å². The molecule has 0 spiro atoms. The minimum Gasteiger partial charge on any atom is -0.302 e. The molecule has 0 radical (unpaired) electrons. The summed E-state index contributed by atoms with van der Waals surface area (Å²) in [6.07, 6.45) is 4.48. The molecule has 2 heteroatoms. The molecular weight excluding hydrogens is 262 g/mol. The zero-order valence-electron chi connectivity index (χ0n) is 11.0. The van der Waals surface area contributed by atoms with Crippen LogP contribution in [0.3, 0.4) is 0 Å². The van der Waals surface area contributed by atoms with Gasteiger partial charge in [-0.25, -0.2) is 0 Å². The third-order valence-corrected chi connectivity index (χ3v) is 5.47. The second-order valence-corrected chi connectivity index (χ2v) is 7.53. The third kappa shape index (κ3) is 2.81. The Morgan fingerprint density at radius 2 is 1.75 bits per heavy atom. The molecule has 1 aliphatic carbocycles. The van der Waals surface area contributed by atoms with Gasteiger partial charge in [-0.2, -0.15) is 0 Å². The zero-order chi connectivity index (χ0) is 11.8. The highest BCUT2D eigenvalue weighted by atomic mass is 79.9. The lowest BCUT2D eigenvalue weighted by molar-refractivity contribution is 0.180. The van der Waals surface area contributed by atoms with Crippen molar-refractivity contribution in [2.45, 2.75) is 40.0 Å². The van der Waals surface area contributed by atoms with Crippen LogP contribution in [0.4, 0.5) is 0 Å². The van der Waals surface area contributed by atoms with E-state index in [-0.39, 0.29) is 0 Å². The van der Waals surface area contributed by atoms with Crippen molar-refractivity contribution in [3.63, 3.8) is 0 Å². The summed E-state index contributed by atoms with van der Waals surface area (Å²) in [6.45, 7) is 11.2. The van der Waals surface area contributed by atoms with Crippen molar-refractivity contribution in [1.29, 1.82) is 0 Å². The summed E-state index contributed by atoms with van der Waals surface area (Å²) in [6, 6.07) is 0. The van der Waals surface area contributed by atoms with Crippen LogP contribution in [-0.4, -0.2) is 29.9 Å². The summed E-state index contributed by atoms with van der Waals surface area (Å²) < 4.78 is 0. The maximum atomic E-state index is 3.69. The van der Waals surface area contributed by atoms with E-state index < -0.39 is 0 Å². The number of rotatable bonds is 3. The molecule has 1 aliphatic heterocycles. The van der Waals surface area contributed by atoms with Gasteiger partial charge in [-0.15, -0.1) is 0 Å². The largest absolute Gasteiger partial charge is 0.302 e. The van der Waals surface area contributed by atoms with Crippen LogP contribution >= 0.6 is 15.9 Å². The molecule has 0 amide bonds. The molecule has 1 nitrogen and oxygen atoms in total. The molecule has 0 aromatic heterocycles. The lowest BCUT2D eigenvalue weighted by Gasteiger charge is -2.33. The Balaban J connectivity index is 1.86. The Morgan fingerprint density at radius 3 is 2.19 bits per heavy atom. The fraction of sp³-hybridized carbons (Fsp3) is 1.00. The topological polar surface area (TPSA) is 3.24 Å². The van der Waals surface area contributed by atoms with Gasteiger partial charge < -0.3 is 4.90 Å².